The minimum absolute atomic E-state index is 0.484. The van der Waals surface area contributed by atoms with Gasteiger partial charge >= 0.3 is 0 Å². The van der Waals surface area contributed by atoms with Crippen LogP contribution in [-0.4, -0.2) is 19.9 Å². The summed E-state index contributed by atoms with van der Waals surface area (Å²) in [5.41, 5.74) is 1.91. The molecule has 6 heteroatoms. The molecule has 2 aromatic rings. The fourth-order valence-electron chi connectivity index (χ4n) is 1.82. The highest BCUT2D eigenvalue weighted by atomic mass is 35.5. The molecular formula is C13H13ClN4S. The number of halogens is 1. The Labute approximate surface area is 121 Å². The molecule has 0 spiro atoms. The van der Waals surface area contributed by atoms with Crippen molar-refractivity contribution in [3.8, 4) is 0 Å². The SMILES string of the molecule is Cc1cc(C)nc(Sc2cc(Cl)nc(C3CC3)n2)n1. The van der Waals surface area contributed by atoms with Crippen LogP contribution in [0.4, 0.5) is 0 Å². The Kier molecular flexibility index (Phi) is 3.41. The zero-order valence-electron chi connectivity index (χ0n) is 10.7. The highest BCUT2D eigenvalue weighted by molar-refractivity contribution is 7.99. The minimum Gasteiger partial charge on any atom is -0.228 e. The predicted octanol–water partition coefficient (Wildman–Crippen LogP) is 3.57. The van der Waals surface area contributed by atoms with Crippen molar-refractivity contribution in [3.63, 3.8) is 0 Å². The summed E-state index contributed by atoms with van der Waals surface area (Å²) in [6.45, 7) is 3.92. The summed E-state index contributed by atoms with van der Waals surface area (Å²) < 4.78 is 0. The fraction of sp³-hybridized carbons (Fsp3) is 0.385. The van der Waals surface area contributed by atoms with Gasteiger partial charge in [-0.25, -0.2) is 19.9 Å². The number of aromatic nitrogens is 4. The second-order valence-corrected chi connectivity index (χ2v) is 6.07. The van der Waals surface area contributed by atoms with Gasteiger partial charge in [-0.2, -0.15) is 0 Å². The number of aryl methyl sites for hydroxylation is 2. The first-order valence-electron chi connectivity index (χ1n) is 6.15. The van der Waals surface area contributed by atoms with Crippen molar-refractivity contribution < 1.29 is 0 Å². The topological polar surface area (TPSA) is 51.6 Å². The van der Waals surface area contributed by atoms with Gasteiger partial charge in [0, 0.05) is 23.4 Å². The largest absolute Gasteiger partial charge is 0.228 e. The third-order valence-electron chi connectivity index (χ3n) is 2.79. The van der Waals surface area contributed by atoms with E-state index in [9.17, 15) is 0 Å². The average Bonchev–Trinajstić information content (AvgIpc) is 3.09. The molecule has 0 saturated heterocycles. The van der Waals surface area contributed by atoms with E-state index < -0.39 is 0 Å². The highest BCUT2D eigenvalue weighted by Gasteiger charge is 2.27. The summed E-state index contributed by atoms with van der Waals surface area (Å²) in [4.78, 5) is 17.6. The van der Waals surface area contributed by atoms with Gasteiger partial charge in [-0.05, 0) is 44.5 Å². The van der Waals surface area contributed by atoms with E-state index in [-0.39, 0.29) is 0 Å². The Morgan fingerprint density at radius 2 is 1.74 bits per heavy atom. The van der Waals surface area contributed by atoms with E-state index in [0.717, 1.165) is 35.1 Å². The van der Waals surface area contributed by atoms with Gasteiger partial charge in [0.15, 0.2) is 5.16 Å². The normalized spacial score (nSPS) is 14.7. The Balaban J connectivity index is 1.89. The van der Waals surface area contributed by atoms with Gasteiger partial charge in [-0.15, -0.1) is 0 Å². The summed E-state index contributed by atoms with van der Waals surface area (Å²) in [5, 5.41) is 2.00. The maximum absolute atomic E-state index is 6.05. The molecule has 2 aromatic heterocycles. The van der Waals surface area contributed by atoms with Crippen molar-refractivity contribution in [1.29, 1.82) is 0 Å². The van der Waals surface area contributed by atoms with E-state index in [1.807, 2.05) is 19.9 Å². The molecule has 1 aliphatic carbocycles. The lowest BCUT2D eigenvalue weighted by Crippen LogP contribution is -1.97. The molecule has 0 N–H and O–H groups in total. The van der Waals surface area contributed by atoms with Crippen molar-refractivity contribution in [3.05, 3.63) is 34.5 Å². The standard InChI is InChI=1S/C13H13ClN4S/c1-7-5-8(2)16-13(15-7)19-11-6-10(14)17-12(18-11)9-3-4-9/h5-6,9H,3-4H2,1-2H3. The zero-order valence-corrected chi connectivity index (χ0v) is 12.3. The smallest absolute Gasteiger partial charge is 0.194 e. The van der Waals surface area contributed by atoms with Crippen LogP contribution in [0, 0.1) is 13.8 Å². The van der Waals surface area contributed by atoms with E-state index in [0.29, 0.717) is 16.2 Å². The number of hydrogen-bond acceptors (Lipinski definition) is 5. The Hall–Kier alpha value is -1.20. The highest BCUT2D eigenvalue weighted by Crippen LogP contribution is 2.39. The molecule has 1 fully saturated rings. The quantitative estimate of drug-likeness (QED) is 0.639. The van der Waals surface area contributed by atoms with Crippen molar-refractivity contribution >= 4 is 23.4 Å². The number of rotatable bonds is 3. The molecule has 98 valence electrons. The van der Waals surface area contributed by atoms with E-state index >= 15 is 0 Å². The lowest BCUT2D eigenvalue weighted by atomic mass is 10.4. The van der Waals surface area contributed by atoms with Gasteiger partial charge in [0.2, 0.25) is 0 Å². The number of nitrogens with zero attached hydrogens (tertiary/aromatic N) is 4. The summed E-state index contributed by atoms with van der Waals surface area (Å²) in [6, 6.07) is 3.71. The molecule has 0 aliphatic heterocycles. The third kappa shape index (κ3) is 3.22. The van der Waals surface area contributed by atoms with Gasteiger partial charge in [-0.3, -0.25) is 0 Å². The van der Waals surface area contributed by atoms with Crippen LogP contribution in [0.3, 0.4) is 0 Å². The summed E-state index contributed by atoms with van der Waals surface area (Å²) in [6.07, 6.45) is 2.31. The summed E-state index contributed by atoms with van der Waals surface area (Å²) >= 11 is 7.48. The van der Waals surface area contributed by atoms with Crippen LogP contribution in [0.1, 0.15) is 36.0 Å². The lowest BCUT2D eigenvalue weighted by molar-refractivity contribution is 0.865. The molecule has 1 saturated carbocycles. The van der Waals surface area contributed by atoms with Crippen LogP contribution >= 0.6 is 23.4 Å². The van der Waals surface area contributed by atoms with Crippen LogP contribution < -0.4 is 0 Å². The minimum atomic E-state index is 0.484. The van der Waals surface area contributed by atoms with Gasteiger partial charge in [0.25, 0.3) is 0 Å². The molecule has 3 rings (SSSR count). The summed E-state index contributed by atoms with van der Waals surface area (Å²) in [5.74, 6) is 1.33. The molecule has 4 nitrogen and oxygen atoms in total. The Bertz CT molecular complexity index is 608. The van der Waals surface area contributed by atoms with Crippen LogP contribution in [0.25, 0.3) is 0 Å². The van der Waals surface area contributed by atoms with E-state index in [1.165, 1.54) is 11.8 Å². The lowest BCUT2D eigenvalue weighted by Gasteiger charge is -2.04. The van der Waals surface area contributed by atoms with E-state index in [4.69, 9.17) is 11.6 Å². The molecule has 0 atom stereocenters. The Morgan fingerprint density at radius 3 is 2.37 bits per heavy atom. The van der Waals surface area contributed by atoms with Gasteiger partial charge in [-0.1, -0.05) is 11.6 Å². The first-order valence-corrected chi connectivity index (χ1v) is 7.34. The second kappa shape index (κ2) is 5.06. The molecule has 19 heavy (non-hydrogen) atoms. The molecule has 0 unspecified atom stereocenters. The average molecular weight is 293 g/mol. The van der Waals surface area contributed by atoms with Gasteiger partial charge in [0.1, 0.15) is 16.0 Å². The maximum atomic E-state index is 6.05. The molecule has 0 aromatic carbocycles. The fourth-order valence-corrected chi connectivity index (χ4v) is 2.95. The maximum Gasteiger partial charge on any atom is 0.194 e. The third-order valence-corrected chi connectivity index (χ3v) is 3.77. The number of hydrogen-bond donors (Lipinski definition) is 0. The molecule has 1 aliphatic rings. The monoisotopic (exact) mass is 292 g/mol. The first kappa shape index (κ1) is 12.8. The van der Waals surface area contributed by atoms with Gasteiger partial charge in [0.05, 0.1) is 0 Å². The van der Waals surface area contributed by atoms with Crippen LogP contribution in [-0.2, 0) is 0 Å². The molecule has 0 radical (unpaired) electrons. The molecular weight excluding hydrogens is 280 g/mol. The Morgan fingerprint density at radius 1 is 1.05 bits per heavy atom. The van der Waals surface area contributed by atoms with Crippen molar-refractivity contribution in [2.45, 2.75) is 42.8 Å². The van der Waals surface area contributed by atoms with Crippen LogP contribution in [0.15, 0.2) is 22.3 Å². The molecule has 0 amide bonds. The van der Waals surface area contributed by atoms with Crippen molar-refractivity contribution in [2.75, 3.05) is 0 Å². The predicted molar refractivity (Wildman–Crippen MR) is 74.6 cm³/mol. The van der Waals surface area contributed by atoms with Gasteiger partial charge < -0.3 is 0 Å². The van der Waals surface area contributed by atoms with Crippen LogP contribution in [0.2, 0.25) is 5.15 Å². The van der Waals surface area contributed by atoms with E-state index in [2.05, 4.69) is 19.9 Å². The van der Waals surface area contributed by atoms with Crippen molar-refractivity contribution in [2.24, 2.45) is 0 Å². The zero-order chi connectivity index (χ0) is 13.4. The van der Waals surface area contributed by atoms with Crippen molar-refractivity contribution in [1.82, 2.24) is 19.9 Å². The summed E-state index contributed by atoms with van der Waals surface area (Å²) in [7, 11) is 0. The van der Waals surface area contributed by atoms with E-state index in [1.54, 1.807) is 6.07 Å². The molecule has 2 heterocycles. The second-order valence-electron chi connectivity index (χ2n) is 4.70. The van der Waals surface area contributed by atoms with Crippen LogP contribution in [0.5, 0.6) is 0 Å². The molecule has 0 bridgehead atoms. The first-order chi connectivity index (χ1) is 9.10.